The largest absolute Gasteiger partial charge is 0.507 e. The lowest BCUT2D eigenvalue weighted by Gasteiger charge is -2.32. The van der Waals surface area contributed by atoms with Crippen molar-refractivity contribution < 1.29 is 14.3 Å². The zero-order valence-electron chi connectivity index (χ0n) is 11.3. The van der Waals surface area contributed by atoms with Crippen molar-refractivity contribution in [1.29, 1.82) is 0 Å². The van der Waals surface area contributed by atoms with Crippen LogP contribution in [0, 0.1) is 5.82 Å². The Kier molecular flexibility index (Phi) is 4.92. The van der Waals surface area contributed by atoms with Gasteiger partial charge in [0.2, 0.25) is 0 Å². The minimum absolute atomic E-state index is 0.00975. The number of carbonyl (C=O) groups excluding carboxylic acids is 1. The van der Waals surface area contributed by atoms with Crippen molar-refractivity contribution in [3.63, 3.8) is 0 Å². The third kappa shape index (κ3) is 3.46. The molecule has 2 rings (SSSR count). The number of rotatable bonds is 4. The van der Waals surface area contributed by atoms with Gasteiger partial charge < -0.3 is 21.1 Å². The molecule has 0 aromatic heterocycles. The van der Waals surface area contributed by atoms with Gasteiger partial charge in [0.25, 0.3) is 5.91 Å². The number of amides is 1. The molecule has 1 aromatic carbocycles. The summed E-state index contributed by atoms with van der Waals surface area (Å²) in [4.78, 5) is 14.3. The molecule has 20 heavy (non-hydrogen) atoms. The number of likely N-dealkylation sites (tertiary alicyclic amines) is 1. The number of nitrogens with zero attached hydrogens (tertiary/aromatic N) is 1. The van der Waals surface area contributed by atoms with Gasteiger partial charge in [-0.2, -0.15) is 0 Å². The van der Waals surface area contributed by atoms with E-state index in [4.69, 9.17) is 5.73 Å². The van der Waals surface area contributed by atoms with E-state index in [1.54, 1.807) is 0 Å². The molecule has 110 valence electrons. The average molecular weight is 281 g/mol. The number of phenolic OH excluding ortho intramolecular Hbond substituents is 1. The van der Waals surface area contributed by atoms with Gasteiger partial charge in [0.1, 0.15) is 17.1 Å². The first-order valence-corrected chi connectivity index (χ1v) is 6.82. The number of hydrogen-bond acceptors (Lipinski definition) is 4. The van der Waals surface area contributed by atoms with E-state index < -0.39 is 11.7 Å². The van der Waals surface area contributed by atoms with Gasteiger partial charge in [0.15, 0.2) is 0 Å². The first kappa shape index (κ1) is 14.7. The quantitative estimate of drug-likeness (QED) is 0.758. The highest BCUT2D eigenvalue weighted by Gasteiger charge is 2.23. The topological polar surface area (TPSA) is 78.6 Å². The summed E-state index contributed by atoms with van der Waals surface area (Å²) < 4.78 is 13.6. The number of nitrogens with two attached hydrogens (primary N) is 1. The van der Waals surface area contributed by atoms with Crippen LogP contribution in [-0.4, -0.2) is 48.1 Å². The minimum atomic E-state index is -0.705. The normalized spacial score (nSPS) is 17.1. The molecule has 5 nitrogen and oxygen atoms in total. The van der Waals surface area contributed by atoms with Gasteiger partial charge >= 0.3 is 0 Å². The van der Waals surface area contributed by atoms with Gasteiger partial charge in [-0.25, -0.2) is 4.39 Å². The first-order valence-electron chi connectivity index (χ1n) is 6.82. The lowest BCUT2D eigenvalue weighted by molar-refractivity contribution is 0.0905. The van der Waals surface area contributed by atoms with Gasteiger partial charge in [0, 0.05) is 32.2 Å². The van der Waals surface area contributed by atoms with E-state index >= 15 is 0 Å². The Morgan fingerprint density at radius 3 is 2.75 bits per heavy atom. The van der Waals surface area contributed by atoms with E-state index in [0.717, 1.165) is 32.5 Å². The molecule has 1 aromatic rings. The van der Waals surface area contributed by atoms with E-state index in [-0.39, 0.29) is 17.4 Å². The zero-order chi connectivity index (χ0) is 14.5. The van der Waals surface area contributed by atoms with E-state index in [9.17, 15) is 14.3 Å². The Labute approximate surface area is 117 Å². The molecule has 1 saturated heterocycles. The maximum absolute atomic E-state index is 13.6. The van der Waals surface area contributed by atoms with Crippen LogP contribution in [0.1, 0.15) is 23.2 Å². The number of benzene rings is 1. The zero-order valence-corrected chi connectivity index (χ0v) is 11.3. The monoisotopic (exact) mass is 281 g/mol. The second-order valence-corrected chi connectivity index (χ2v) is 5.01. The summed E-state index contributed by atoms with van der Waals surface area (Å²) in [5.74, 6) is -1.59. The van der Waals surface area contributed by atoms with Crippen molar-refractivity contribution in [1.82, 2.24) is 10.2 Å². The minimum Gasteiger partial charge on any atom is -0.507 e. The number of aromatic hydroxyl groups is 1. The smallest absolute Gasteiger partial charge is 0.258 e. The van der Waals surface area contributed by atoms with Crippen LogP contribution in [0.2, 0.25) is 0 Å². The van der Waals surface area contributed by atoms with Crippen LogP contribution >= 0.6 is 0 Å². The molecular formula is C14H20FN3O2. The predicted octanol–water partition coefficient (Wildman–Crippen LogP) is 0.684. The maximum atomic E-state index is 13.6. The number of phenols is 1. The Hall–Kier alpha value is -1.66. The van der Waals surface area contributed by atoms with E-state index in [2.05, 4.69) is 10.2 Å². The molecule has 0 radical (unpaired) electrons. The third-order valence-electron chi connectivity index (χ3n) is 3.59. The fourth-order valence-electron chi connectivity index (χ4n) is 2.48. The molecule has 0 unspecified atom stereocenters. The molecule has 4 N–H and O–H groups in total. The van der Waals surface area contributed by atoms with Gasteiger partial charge in [-0.1, -0.05) is 6.07 Å². The van der Waals surface area contributed by atoms with Crippen molar-refractivity contribution >= 4 is 5.91 Å². The van der Waals surface area contributed by atoms with Crippen molar-refractivity contribution in [3.05, 3.63) is 29.6 Å². The van der Waals surface area contributed by atoms with Crippen LogP contribution in [0.4, 0.5) is 4.39 Å². The summed E-state index contributed by atoms with van der Waals surface area (Å²) in [6, 6.07) is 3.85. The molecule has 1 aliphatic heterocycles. The lowest BCUT2D eigenvalue weighted by atomic mass is 10.0. The summed E-state index contributed by atoms with van der Waals surface area (Å²) in [6.07, 6.45) is 1.61. The highest BCUT2D eigenvalue weighted by Crippen LogP contribution is 2.20. The number of hydrogen-bond donors (Lipinski definition) is 3. The SMILES string of the molecule is NCCN1CCC(NC(=O)c2c(O)cccc2F)CC1. The summed E-state index contributed by atoms with van der Waals surface area (Å²) in [5, 5.41) is 12.4. The highest BCUT2D eigenvalue weighted by atomic mass is 19.1. The predicted molar refractivity (Wildman–Crippen MR) is 74.0 cm³/mol. The molecule has 0 bridgehead atoms. The molecule has 0 atom stereocenters. The van der Waals surface area contributed by atoms with Crippen LogP contribution in [0.3, 0.4) is 0 Å². The highest BCUT2D eigenvalue weighted by molar-refractivity contribution is 5.97. The lowest BCUT2D eigenvalue weighted by Crippen LogP contribution is -2.45. The molecule has 1 amide bonds. The van der Waals surface area contributed by atoms with Gasteiger partial charge in [-0.15, -0.1) is 0 Å². The summed E-state index contributed by atoms with van der Waals surface area (Å²) in [6.45, 7) is 3.21. The molecule has 0 spiro atoms. The van der Waals surface area contributed by atoms with Crippen LogP contribution in [0.25, 0.3) is 0 Å². The van der Waals surface area contributed by atoms with Gasteiger partial charge in [-0.05, 0) is 25.0 Å². The number of piperidine rings is 1. The Morgan fingerprint density at radius 1 is 1.45 bits per heavy atom. The molecule has 1 heterocycles. The molecule has 1 fully saturated rings. The second-order valence-electron chi connectivity index (χ2n) is 5.01. The van der Waals surface area contributed by atoms with Gasteiger partial charge in [0.05, 0.1) is 0 Å². The number of nitrogens with one attached hydrogen (secondary N) is 1. The number of halogens is 1. The fourth-order valence-corrected chi connectivity index (χ4v) is 2.48. The second kappa shape index (κ2) is 6.67. The van der Waals surface area contributed by atoms with Crippen molar-refractivity contribution in [2.75, 3.05) is 26.2 Å². The average Bonchev–Trinajstić information content (AvgIpc) is 2.41. The molecular weight excluding hydrogens is 261 g/mol. The van der Waals surface area contributed by atoms with Crippen molar-refractivity contribution in [2.45, 2.75) is 18.9 Å². The van der Waals surface area contributed by atoms with E-state index in [1.165, 1.54) is 18.2 Å². The number of carbonyl (C=O) groups is 1. The third-order valence-corrected chi connectivity index (χ3v) is 3.59. The molecule has 6 heteroatoms. The van der Waals surface area contributed by atoms with E-state index in [1.807, 2.05) is 0 Å². The Bertz CT molecular complexity index is 453. The summed E-state index contributed by atoms with van der Waals surface area (Å²) >= 11 is 0. The summed E-state index contributed by atoms with van der Waals surface area (Å²) in [5.41, 5.74) is 5.22. The van der Waals surface area contributed by atoms with Crippen molar-refractivity contribution in [3.8, 4) is 5.75 Å². The molecule has 0 aliphatic carbocycles. The Balaban J connectivity index is 1.93. The summed E-state index contributed by atoms with van der Waals surface area (Å²) in [7, 11) is 0. The van der Waals surface area contributed by atoms with Crippen LogP contribution in [0.15, 0.2) is 18.2 Å². The molecule has 0 saturated carbocycles. The fraction of sp³-hybridized carbons (Fsp3) is 0.500. The van der Waals surface area contributed by atoms with Gasteiger partial charge in [-0.3, -0.25) is 4.79 Å². The first-order chi connectivity index (χ1) is 9.61. The van der Waals surface area contributed by atoms with Crippen LogP contribution in [-0.2, 0) is 0 Å². The van der Waals surface area contributed by atoms with Crippen LogP contribution in [0.5, 0.6) is 5.75 Å². The maximum Gasteiger partial charge on any atom is 0.258 e. The standard InChI is InChI=1S/C14H20FN3O2/c15-11-2-1-3-12(19)13(11)14(20)17-10-4-7-18(8-5-10)9-6-16/h1-3,10,19H,4-9,16H2,(H,17,20). The molecule has 1 aliphatic rings. The Morgan fingerprint density at radius 2 is 2.15 bits per heavy atom. The van der Waals surface area contributed by atoms with E-state index in [0.29, 0.717) is 6.54 Å². The van der Waals surface area contributed by atoms with Crippen molar-refractivity contribution in [2.24, 2.45) is 5.73 Å². The van der Waals surface area contributed by atoms with Crippen LogP contribution < -0.4 is 11.1 Å².